The van der Waals surface area contributed by atoms with E-state index in [0.717, 1.165) is 33.1 Å². The Bertz CT molecular complexity index is 2570. The maximum absolute atomic E-state index is 6.41. The van der Waals surface area contributed by atoms with Crippen LogP contribution in [0.1, 0.15) is 5.56 Å². The first-order valence-electron chi connectivity index (χ1n) is 15.8. The molecule has 0 spiro atoms. The zero-order valence-corrected chi connectivity index (χ0v) is 25.5. The molecule has 1 nitrogen and oxygen atoms in total. The zero-order chi connectivity index (χ0) is 30.6. The summed E-state index contributed by atoms with van der Waals surface area (Å²) in [5.41, 5.74) is 12.7. The molecule has 0 radical (unpaired) electrons. The molecule has 0 atom stereocenters. The predicted octanol–water partition coefficient (Wildman–Crippen LogP) is 12.9. The second-order valence-electron chi connectivity index (χ2n) is 12.1. The van der Waals surface area contributed by atoms with Gasteiger partial charge in [-0.3, -0.25) is 0 Å². The molecule has 0 unspecified atom stereocenters. The summed E-state index contributed by atoms with van der Waals surface area (Å²) in [7, 11) is 0. The number of para-hydroxylation sites is 2. The lowest BCUT2D eigenvalue weighted by Gasteiger charge is -2.19. The molecule has 0 saturated carbocycles. The van der Waals surface area contributed by atoms with Crippen molar-refractivity contribution >= 4 is 43.5 Å². The van der Waals surface area contributed by atoms with Gasteiger partial charge in [0.05, 0.1) is 0 Å². The minimum atomic E-state index is 0.917. The van der Waals surface area contributed by atoms with Crippen molar-refractivity contribution < 1.29 is 4.42 Å². The fourth-order valence-corrected chi connectivity index (χ4v) is 7.15. The van der Waals surface area contributed by atoms with Crippen molar-refractivity contribution in [3.05, 3.63) is 169 Å². The Balaban J connectivity index is 1.29. The van der Waals surface area contributed by atoms with Gasteiger partial charge in [0.1, 0.15) is 11.2 Å². The lowest BCUT2D eigenvalue weighted by Crippen LogP contribution is -1.92. The van der Waals surface area contributed by atoms with Crippen LogP contribution < -0.4 is 0 Å². The molecule has 0 N–H and O–H groups in total. The van der Waals surface area contributed by atoms with Crippen molar-refractivity contribution in [3.63, 3.8) is 0 Å². The SMILES string of the molecule is Cc1ccc(-c2c3ccccc3c(-c3ccccc3)c3cc(-c4cccc(-c5cccc6c5oc5ccccc56)c4)ccc23)cc1. The molecular weight excluding hydrogens is 556 g/mol. The van der Waals surface area contributed by atoms with Crippen molar-refractivity contribution in [2.75, 3.05) is 0 Å². The molecule has 46 heavy (non-hydrogen) atoms. The first-order chi connectivity index (χ1) is 22.7. The third kappa shape index (κ3) is 4.24. The number of rotatable bonds is 4. The highest BCUT2D eigenvalue weighted by atomic mass is 16.3. The maximum Gasteiger partial charge on any atom is 0.143 e. The van der Waals surface area contributed by atoms with Gasteiger partial charge in [-0.15, -0.1) is 0 Å². The largest absolute Gasteiger partial charge is 0.455 e. The summed E-state index contributed by atoms with van der Waals surface area (Å²) in [4.78, 5) is 0. The van der Waals surface area contributed by atoms with Crippen molar-refractivity contribution in [1.82, 2.24) is 0 Å². The molecule has 0 aliphatic heterocycles. The monoisotopic (exact) mass is 586 g/mol. The lowest BCUT2D eigenvalue weighted by atomic mass is 9.84. The smallest absolute Gasteiger partial charge is 0.143 e. The Morgan fingerprint density at radius 3 is 1.70 bits per heavy atom. The third-order valence-corrected chi connectivity index (χ3v) is 9.34. The molecule has 1 aromatic heterocycles. The van der Waals surface area contributed by atoms with E-state index in [4.69, 9.17) is 4.42 Å². The van der Waals surface area contributed by atoms with Crippen LogP contribution in [0.2, 0.25) is 0 Å². The normalized spacial score (nSPS) is 11.6. The number of fused-ring (bicyclic) bond motifs is 5. The minimum absolute atomic E-state index is 0.917. The molecule has 9 rings (SSSR count). The highest BCUT2D eigenvalue weighted by Crippen LogP contribution is 2.45. The quantitative estimate of drug-likeness (QED) is 0.187. The van der Waals surface area contributed by atoms with Gasteiger partial charge in [0, 0.05) is 16.3 Å². The van der Waals surface area contributed by atoms with Crippen molar-refractivity contribution in [1.29, 1.82) is 0 Å². The molecule has 0 amide bonds. The van der Waals surface area contributed by atoms with Gasteiger partial charge in [-0.25, -0.2) is 0 Å². The first kappa shape index (κ1) is 26.5. The fourth-order valence-electron chi connectivity index (χ4n) is 7.15. The van der Waals surface area contributed by atoms with Crippen LogP contribution in [0.15, 0.2) is 168 Å². The third-order valence-electron chi connectivity index (χ3n) is 9.34. The van der Waals surface area contributed by atoms with Gasteiger partial charge in [0.2, 0.25) is 0 Å². The van der Waals surface area contributed by atoms with Crippen LogP contribution in [-0.2, 0) is 0 Å². The van der Waals surface area contributed by atoms with Crippen LogP contribution in [0, 0.1) is 6.92 Å². The topological polar surface area (TPSA) is 13.1 Å². The van der Waals surface area contributed by atoms with E-state index in [9.17, 15) is 0 Å². The fraction of sp³-hybridized carbons (Fsp3) is 0.0222. The van der Waals surface area contributed by atoms with Gasteiger partial charge in [-0.1, -0.05) is 151 Å². The molecule has 0 fully saturated rings. The molecule has 0 bridgehead atoms. The summed E-state index contributed by atoms with van der Waals surface area (Å²) in [6.45, 7) is 2.15. The molecule has 9 aromatic rings. The number of hydrogen-bond acceptors (Lipinski definition) is 1. The lowest BCUT2D eigenvalue weighted by molar-refractivity contribution is 0.670. The molecule has 1 heterocycles. The van der Waals surface area contributed by atoms with E-state index in [-0.39, 0.29) is 0 Å². The number of hydrogen-bond donors (Lipinski definition) is 0. The van der Waals surface area contributed by atoms with Crippen LogP contribution in [0.4, 0.5) is 0 Å². The predicted molar refractivity (Wildman–Crippen MR) is 195 cm³/mol. The Hall–Kier alpha value is -5.92. The minimum Gasteiger partial charge on any atom is -0.455 e. The standard InChI is InChI=1S/C45H30O/c1-29-21-23-31(24-22-29)43-37-16-5-6-17-38(37)44(30-11-3-2-4-12-30)41-28-33(25-26-39(41)43)32-13-9-14-34(27-32)35-18-10-19-40-36-15-7-8-20-42(36)46-45(35)40/h2-28H,1H3. The molecule has 8 aromatic carbocycles. The molecule has 0 saturated heterocycles. The van der Waals surface area contributed by atoms with Crippen LogP contribution in [0.5, 0.6) is 0 Å². The van der Waals surface area contributed by atoms with Gasteiger partial charge in [0.15, 0.2) is 0 Å². The van der Waals surface area contributed by atoms with E-state index in [0.29, 0.717) is 0 Å². The Kier molecular flexibility index (Phi) is 6.11. The van der Waals surface area contributed by atoms with Gasteiger partial charge in [-0.05, 0) is 85.6 Å². The Morgan fingerprint density at radius 2 is 0.891 bits per heavy atom. The highest BCUT2D eigenvalue weighted by Gasteiger charge is 2.18. The van der Waals surface area contributed by atoms with Crippen molar-refractivity contribution in [2.45, 2.75) is 6.92 Å². The molecule has 1 heteroatoms. The summed E-state index contributed by atoms with van der Waals surface area (Å²) in [5, 5.41) is 7.34. The van der Waals surface area contributed by atoms with Gasteiger partial charge >= 0.3 is 0 Å². The van der Waals surface area contributed by atoms with Crippen LogP contribution in [0.25, 0.3) is 88.0 Å². The Labute approximate surface area is 268 Å². The van der Waals surface area contributed by atoms with Gasteiger partial charge < -0.3 is 4.42 Å². The molecular formula is C45H30O. The molecule has 0 aliphatic rings. The summed E-state index contributed by atoms with van der Waals surface area (Å²) < 4.78 is 6.41. The van der Waals surface area contributed by atoms with Crippen molar-refractivity contribution in [3.8, 4) is 44.5 Å². The van der Waals surface area contributed by atoms with Gasteiger partial charge in [0.25, 0.3) is 0 Å². The summed E-state index contributed by atoms with van der Waals surface area (Å²) in [6.07, 6.45) is 0. The van der Waals surface area contributed by atoms with E-state index in [1.165, 1.54) is 60.5 Å². The van der Waals surface area contributed by atoms with Crippen LogP contribution >= 0.6 is 0 Å². The second kappa shape index (κ2) is 10.6. The van der Waals surface area contributed by atoms with E-state index in [1.807, 2.05) is 12.1 Å². The summed E-state index contributed by atoms with van der Waals surface area (Å²) in [5.74, 6) is 0. The Morgan fingerprint density at radius 1 is 0.348 bits per heavy atom. The average molecular weight is 587 g/mol. The van der Waals surface area contributed by atoms with Crippen molar-refractivity contribution in [2.24, 2.45) is 0 Å². The van der Waals surface area contributed by atoms with Crippen LogP contribution in [0.3, 0.4) is 0 Å². The number of furan rings is 1. The zero-order valence-electron chi connectivity index (χ0n) is 25.5. The number of benzene rings is 8. The second-order valence-corrected chi connectivity index (χ2v) is 12.1. The van der Waals surface area contributed by atoms with E-state index in [2.05, 4.69) is 159 Å². The van der Waals surface area contributed by atoms with E-state index >= 15 is 0 Å². The van der Waals surface area contributed by atoms with Gasteiger partial charge in [-0.2, -0.15) is 0 Å². The first-order valence-corrected chi connectivity index (χ1v) is 15.8. The molecule has 216 valence electrons. The van der Waals surface area contributed by atoms with E-state index in [1.54, 1.807) is 0 Å². The summed E-state index contributed by atoms with van der Waals surface area (Å²) >= 11 is 0. The average Bonchev–Trinajstić information content (AvgIpc) is 3.50. The van der Waals surface area contributed by atoms with Crippen LogP contribution in [-0.4, -0.2) is 0 Å². The van der Waals surface area contributed by atoms with E-state index < -0.39 is 0 Å². The molecule has 0 aliphatic carbocycles. The summed E-state index contributed by atoms with van der Waals surface area (Å²) in [6, 6.07) is 59.2. The maximum atomic E-state index is 6.41. The number of aryl methyl sites for hydroxylation is 1. The highest BCUT2D eigenvalue weighted by molar-refractivity contribution is 6.22.